The number of allylic oxidation sites excluding steroid dienone is 2. The minimum absolute atomic E-state index is 0.511. The number of rotatable bonds is 24. The van der Waals surface area contributed by atoms with Gasteiger partial charge >= 0.3 is 0 Å². The summed E-state index contributed by atoms with van der Waals surface area (Å²) in [6.07, 6.45) is 38.9. The lowest BCUT2D eigenvalue weighted by Crippen LogP contribution is -2.04. The van der Waals surface area contributed by atoms with Crippen molar-refractivity contribution in [3.63, 3.8) is 0 Å². The molecule has 0 aromatic rings. The van der Waals surface area contributed by atoms with E-state index in [1.54, 1.807) is 12.2 Å². The molecule has 4 N–H and O–H groups in total. The maximum absolute atomic E-state index is 9.79. The van der Waals surface area contributed by atoms with Crippen LogP contribution in [0.25, 0.3) is 0 Å². The van der Waals surface area contributed by atoms with Crippen molar-refractivity contribution in [1.82, 2.24) is 0 Å². The van der Waals surface area contributed by atoms with Crippen molar-refractivity contribution < 1.29 is 20.4 Å². The van der Waals surface area contributed by atoms with Gasteiger partial charge in [0.25, 0.3) is 0 Å². The summed E-state index contributed by atoms with van der Waals surface area (Å²) in [6.45, 7) is 0. The first-order chi connectivity index (χ1) is 17.5. The zero-order valence-corrected chi connectivity index (χ0v) is 22.4. The summed E-state index contributed by atoms with van der Waals surface area (Å²) in [6, 6.07) is 0. The van der Waals surface area contributed by atoms with Crippen LogP contribution in [-0.4, -0.2) is 44.8 Å². The molecule has 0 aromatic heterocycles. The summed E-state index contributed by atoms with van der Waals surface area (Å²) in [5.74, 6) is 4.39. The van der Waals surface area contributed by atoms with Gasteiger partial charge in [0.1, 0.15) is 12.2 Å². The fourth-order valence-electron chi connectivity index (χ4n) is 4.01. The van der Waals surface area contributed by atoms with Crippen LogP contribution in [0, 0.1) is 24.7 Å². The van der Waals surface area contributed by atoms with E-state index in [0.29, 0.717) is 0 Å². The van der Waals surface area contributed by atoms with Crippen LogP contribution in [-0.2, 0) is 0 Å². The molecule has 0 fully saturated rings. The van der Waals surface area contributed by atoms with Gasteiger partial charge in [0, 0.05) is 0 Å². The maximum Gasteiger partial charge on any atom is 0.133 e. The molecule has 0 spiro atoms. The van der Waals surface area contributed by atoms with E-state index in [4.69, 9.17) is 12.8 Å². The van der Waals surface area contributed by atoms with Gasteiger partial charge in [0.15, 0.2) is 0 Å². The number of aliphatic hydroxyl groups excluding tert-OH is 4. The Labute approximate surface area is 221 Å². The van der Waals surface area contributed by atoms with E-state index in [-0.39, 0.29) is 0 Å². The van der Waals surface area contributed by atoms with Gasteiger partial charge in [-0.25, -0.2) is 0 Å². The highest BCUT2D eigenvalue weighted by Crippen LogP contribution is 2.13. The number of hydrogen-bond donors (Lipinski definition) is 4. The SMILES string of the molecule is C#C[C@@H](O)/C=C/[C@H](O)CCCCCCCC/C=C\CCCCCCCCCC[C@@H](O)/C=C/[C@H](O)C#C. The Morgan fingerprint density at radius 1 is 0.444 bits per heavy atom. The average Bonchev–Trinajstić information content (AvgIpc) is 2.88. The first-order valence-electron chi connectivity index (χ1n) is 14.2. The summed E-state index contributed by atoms with van der Waals surface area (Å²) in [5.41, 5.74) is 0. The van der Waals surface area contributed by atoms with Gasteiger partial charge in [-0.3, -0.25) is 0 Å². The maximum atomic E-state index is 9.79. The summed E-state index contributed by atoms with van der Waals surface area (Å²) in [7, 11) is 0. The molecular formula is C32H52O4. The van der Waals surface area contributed by atoms with Gasteiger partial charge in [0.05, 0.1) is 12.2 Å². The molecular weight excluding hydrogens is 448 g/mol. The molecule has 4 nitrogen and oxygen atoms in total. The highest BCUT2D eigenvalue weighted by Gasteiger charge is 2.01. The fraction of sp³-hybridized carbons (Fsp3) is 0.688. The summed E-state index contributed by atoms with van der Waals surface area (Å²) >= 11 is 0. The standard InChI is InChI=1S/C32H52O4/c1-3-29(33)25-27-31(35)23-21-19-17-15-13-11-9-7-5-6-8-10-12-14-16-18-20-22-24-32(36)28-26-30(34)4-2/h1-2,5,7,25-36H,6,8-24H2/b7-5-,27-25+,28-26+/t29-,30-,31-,32-/m1/s1. The van der Waals surface area contributed by atoms with E-state index < -0.39 is 24.4 Å². The number of unbranched alkanes of at least 4 members (excludes halogenated alkanes) is 14. The van der Waals surface area contributed by atoms with E-state index in [1.165, 1.54) is 89.2 Å². The third-order valence-electron chi connectivity index (χ3n) is 6.28. The Bertz CT molecular complexity index is 652. The van der Waals surface area contributed by atoms with E-state index in [9.17, 15) is 20.4 Å². The van der Waals surface area contributed by atoms with Crippen LogP contribution in [0.15, 0.2) is 36.5 Å². The Hall–Kier alpha value is -1.82. The minimum atomic E-state index is -0.903. The van der Waals surface area contributed by atoms with Gasteiger partial charge in [-0.1, -0.05) is 113 Å². The monoisotopic (exact) mass is 500 g/mol. The quantitative estimate of drug-likeness (QED) is 0.0703. The minimum Gasteiger partial charge on any atom is -0.389 e. The van der Waals surface area contributed by atoms with Gasteiger partial charge in [-0.2, -0.15) is 0 Å². The van der Waals surface area contributed by atoms with Crippen molar-refractivity contribution in [1.29, 1.82) is 0 Å². The second-order valence-electron chi connectivity index (χ2n) is 9.70. The molecule has 0 saturated heterocycles. The van der Waals surface area contributed by atoms with E-state index >= 15 is 0 Å². The Balaban J connectivity index is 3.33. The molecule has 204 valence electrons. The van der Waals surface area contributed by atoms with E-state index in [0.717, 1.165) is 38.5 Å². The zero-order valence-electron chi connectivity index (χ0n) is 22.4. The van der Waals surface area contributed by atoms with Crippen LogP contribution < -0.4 is 0 Å². The molecule has 0 aliphatic rings. The molecule has 4 atom stereocenters. The molecule has 0 heterocycles. The first-order valence-corrected chi connectivity index (χ1v) is 14.2. The Kier molecular flexibility index (Phi) is 24.9. The molecule has 4 heteroatoms. The van der Waals surface area contributed by atoms with Crippen LogP contribution in [0.4, 0.5) is 0 Å². The second kappa shape index (κ2) is 26.2. The molecule has 0 unspecified atom stereocenters. The number of terminal acetylenes is 2. The van der Waals surface area contributed by atoms with Gasteiger partial charge in [0.2, 0.25) is 0 Å². The van der Waals surface area contributed by atoms with Gasteiger partial charge in [-0.05, 0) is 50.7 Å². The second-order valence-corrected chi connectivity index (χ2v) is 9.70. The third kappa shape index (κ3) is 25.3. The highest BCUT2D eigenvalue weighted by atomic mass is 16.3. The molecule has 0 aliphatic heterocycles. The molecule has 0 aromatic carbocycles. The third-order valence-corrected chi connectivity index (χ3v) is 6.28. The normalized spacial score (nSPS) is 15.3. The first kappa shape index (κ1) is 34.2. The summed E-state index contributed by atoms with van der Waals surface area (Å²) in [5, 5.41) is 38.0. The van der Waals surface area contributed by atoms with Crippen molar-refractivity contribution in [2.24, 2.45) is 0 Å². The van der Waals surface area contributed by atoms with Crippen molar-refractivity contribution in [2.75, 3.05) is 0 Å². The topological polar surface area (TPSA) is 80.9 Å². The van der Waals surface area contributed by atoms with Crippen molar-refractivity contribution >= 4 is 0 Å². The van der Waals surface area contributed by atoms with Crippen LogP contribution in [0.2, 0.25) is 0 Å². The number of aliphatic hydroxyl groups is 4. The van der Waals surface area contributed by atoms with Crippen LogP contribution >= 0.6 is 0 Å². The predicted molar refractivity (Wildman–Crippen MR) is 152 cm³/mol. The summed E-state index contributed by atoms with van der Waals surface area (Å²) in [4.78, 5) is 0. The molecule has 0 radical (unpaired) electrons. The van der Waals surface area contributed by atoms with Crippen molar-refractivity contribution in [3.05, 3.63) is 36.5 Å². The van der Waals surface area contributed by atoms with E-state index in [2.05, 4.69) is 24.0 Å². The lowest BCUT2D eigenvalue weighted by molar-refractivity contribution is 0.204. The lowest BCUT2D eigenvalue weighted by Gasteiger charge is -2.06. The van der Waals surface area contributed by atoms with Gasteiger partial charge in [-0.15, -0.1) is 12.8 Å². The van der Waals surface area contributed by atoms with Crippen molar-refractivity contribution in [2.45, 2.75) is 140 Å². The predicted octanol–water partition coefficient (Wildman–Crippen LogP) is 6.39. The highest BCUT2D eigenvalue weighted by molar-refractivity contribution is 5.08. The molecule has 0 bridgehead atoms. The average molecular weight is 501 g/mol. The van der Waals surface area contributed by atoms with Crippen molar-refractivity contribution in [3.8, 4) is 24.7 Å². The van der Waals surface area contributed by atoms with E-state index in [1.807, 2.05) is 0 Å². The van der Waals surface area contributed by atoms with Gasteiger partial charge < -0.3 is 20.4 Å². The fourth-order valence-corrected chi connectivity index (χ4v) is 4.01. The van der Waals surface area contributed by atoms with Crippen LogP contribution in [0.3, 0.4) is 0 Å². The molecule has 0 amide bonds. The molecule has 0 aliphatic carbocycles. The Morgan fingerprint density at radius 3 is 1.08 bits per heavy atom. The molecule has 0 rings (SSSR count). The molecule has 0 saturated carbocycles. The largest absolute Gasteiger partial charge is 0.389 e. The van der Waals surface area contributed by atoms with Crippen LogP contribution in [0.1, 0.15) is 116 Å². The van der Waals surface area contributed by atoms with Crippen LogP contribution in [0.5, 0.6) is 0 Å². The number of hydrogen-bond acceptors (Lipinski definition) is 4. The zero-order chi connectivity index (χ0) is 26.7. The Morgan fingerprint density at radius 2 is 0.750 bits per heavy atom. The molecule has 36 heavy (non-hydrogen) atoms. The smallest absolute Gasteiger partial charge is 0.133 e. The summed E-state index contributed by atoms with van der Waals surface area (Å²) < 4.78 is 0. The lowest BCUT2D eigenvalue weighted by atomic mass is 10.0.